The predicted molar refractivity (Wildman–Crippen MR) is 104 cm³/mol. The van der Waals surface area contributed by atoms with E-state index >= 15 is 0 Å². The lowest BCUT2D eigenvalue weighted by molar-refractivity contribution is -0.137. The molecule has 0 spiro atoms. The largest absolute Gasteiger partial charge is 0.508 e. The van der Waals surface area contributed by atoms with Crippen LogP contribution in [0, 0.1) is 5.82 Å². The number of allylic oxidation sites excluding steroid dienone is 1. The van der Waals surface area contributed by atoms with Crippen molar-refractivity contribution in [2.45, 2.75) is 19.9 Å². The fourth-order valence-corrected chi connectivity index (χ4v) is 2.96. The van der Waals surface area contributed by atoms with Crippen LogP contribution in [0.5, 0.6) is 5.75 Å². The second kappa shape index (κ2) is 7.07. The summed E-state index contributed by atoms with van der Waals surface area (Å²) < 4.78 is 13.4. The fourth-order valence-electron chi connectivity index (χ4n) is 2.96. The minimum Gasteiger partial charge on any atom is -0.508 e. The Balaban J connectivity index is 2.38. The average molecular weight is 366 g/mol. The van der Waals surface area contributed by atoms with Gasteiger partial charge in [0, 0.05) is 22.6 Å². The Labute approximate surface area is 155 Å². The molecule has 1 aromatic heterocycles. The maximum absolute atomic E-state index is 13.4. The van der Waals surface area contributed by atoms with Crippen LogP contribution in [0.15, 0.2) is 49.0 Å². The zero-order valence-electron chi connectivity index (χ0n) is 15.0. The van der Waals surface area contributed by atoms with Crippen molar-refractivity contribution in [3.8, 4) is 16.9 Å². The summed E-state index contributed by atoms with van der Waals surface area (Å²) in [6, 6.07) is 9.91. The van der Waals surface area contributed by atoms with Crippen LogP contribution in [-0.2, 0) is 4.79 Å². The zero-order valence-corrected chi connectivity index (χ0v) is 15.0. The smallest absolute Gasteiger partial charge is 0.325 e. The Bertz CT molecular complexity index is 1050. The van der Waals surface area contributed by atoms with Gasteiger partial charge in [0.05, 0.1) is 5.52 Å². The number of pyridine rings is 1. The Morgan fingerprint density at radius 3 is 2.48 bits per heavy atom. The van der Waals surface area contributed by atoms with Crippen LogP contribution in [0.4, 0.5) is 10.2 Å². The molecule has 0 aliphatic carbocycles. The number of fused-ring (bicyclic) bond motifs is 1. The van der Waals surface area contributed by atoms with E-state index in [0.717, 1.165) is 16.5 Å². The van der Waals surface area contributed by atoms with Crippen LogP contribution < -0.4 is 5.32 Å². The summed E-state index contributed by atoms with van der Waals surface area (Å²) in [7, 11) is 0. The molecule has 0 amide bonds. The Hall–Kier alpha value is -3.41. The number of carboxylic acids is 1. The zero-order chi connectivity index (χ0) is 19.7. The molecule has 0 unspecified atom stereocenters. The minimum atomic E-state index is -1.02. The molecule has 0 saturated heterocycles. The van der Waals surface area contributed by atoms with Crippen LogP contribution >= 0.6 is 0 Å². The molecule has 0 aliphatic rings. The van der Waals surface area contributed by atoms with E-state index in [0.29, 0.717) is 22.5 Å². The van der Waals surface area contributed by atoms with Crippen molar-refractivity contribution >= 4 is 28.3 Å². The summed E-state index contributed by atoms with van der Waals surface area (Å²) in [5.41, 5.74) is 3.29. The molecule has 0 fully saturated rings. The van der Waals surface area contributed by atoms with Gasteiger partial charge in [0.15, 0.2) is 0 Å². The highest BCUT2D eigenvalue weighted by atomic mass is 19.1. The van der Waals surface area contributed by atoms with Gasteiger partial charge in [0.2, 0.25) is 0 Å². The van der Waals surface area contributed by atoms with Gasteiger partial charge in [-0.3, -0.25) is 4.79 Å². The Morgan fingerprint density at radius 2 is 1.89 bits per heavy atom. The SMILES string of the molecule is C=C(C)c1c(N[C@@H](C)C(=O)O)nc2cc(O)ccc2c1-c1ccc(F)cc1. The van der Waals surface area contributed by atoms with Crippen molar-refractivity contribution in [3.05, 3.63) is 60.4 Å². The number of rotatable bonds is 5. The fraction of sp³-hybridized carbons (Fsp3) is 0.143. The molecule has 138 valence electrons. The average Bonchev–Trinajstić information content (AvgIpc) is 2.60. The van der Waals surface area contributed by atoms with Crippen LogP contribution in [-0.4, -0.2) is 27.2 Å². The van der Waals surface area contributed by atoms with Crippen LogP contribution in [0.25, 0.3) is 27.6 Å². The van der Waals surface area contributed by atoms with Crippen molar-refractivity contribution in [1.82, 2.24) is 4.98 Å². The van der Waals surface area contributed by atoms with Gasteiger partial charge in [0.1, 0.15) is 23.4 Å². The van der Waals surface area contributed by atoms with E-state index in [9.17, 15) is 19.4 Å². The minimum absolute atomic E-state index is 0.0420. The lowest BCUT2D eigenvalue weighted by atomic mass is 9.92. The van der Waals surface area contributed by atoms with Crippen LogP contribution in [0.3, 0.4) is 0 Å². The first-order valence-corrected chi connectivity index (χ1v) is 8.36. The van der Waals surface area contributed by atoms with E-state index in [-0.39, 0.29) is 11.6 Å². The van der Waals surface area contributed by atoms with Gasteiger partial charge in [-0.05, 0) is 49.2 Å². The van der Waals surface area contributed by atoms with Crippen molar-refractivity contribution in [2.24, 2.45) is 0 Å². The quantitative estimate of drug-likeness (QED) is 0.611. The van der Waals surface area contributed by atoms with Gasteiger partial charge in [-0.15, -0.1) is 0 Å². The molecule has 0 aliphatic heterocycles. The number of aromatic hydroxyl groups is 1. The summed E-state index contributed by atoms with van der Waals surface area (Å²) in [4.78, 5) is 15.8. The van der Waals surface area contributed by atoms with E-state index in [2.05, 4.69) is 16.9 Å². The number of nitrogens with one attached hydrogen (secondary N) is 1. The number of phenolic OH excluding ortho intramolecular Hbond substituents is 1. The first-order valence-electron chi connectivity index (χ1n) is 8.36. The Morgan fingerprint density at radius 1 is 1.22 bits per heavy atom. The number of aromatic nitrogens is 1. The standard InChI is InChI=1S/C21H19FN2O3/c1-11(2)18-19(13-4-6-14(22)7-5-13)16-9-8-15(25)10-17(16)24-20(18)23-12(3)21(26)27/h4-10,12,25H,1H2,2-3H3,(H,23,24)(H,26,27)/t12-/m0/s1. The third kappa shape index (κ3) is 3.60. The molecule has 0 bridgehead atoms. The molecule has 0 saturated carbocycles. The second-order valence-corrected chi connectivity index (χ2v) is 6.40. The normalized spacial score (nSPS) is 12.0. The summed E-state index contributed by atoms with van der Waals surface area (Å²) in [5.74, 6) is -0.997. The number of hydrogen-bond donors (Lipinski definition) is 3. The maximum Gasteiger partial charge on any atom is 0.325 e. The van der Waals surface area contributed by atoms with Crippen LogP contribution in [0.1, 0.15) is 19.4 Å². The first-order chi connectivity index (χ1) is 12.8. The van der Waals surface area contributed by atoms with Crippen LogP contribution in [0.2, 0.25) is 0 Å². The topological polar surface area (TPSA) is 82.5 Å². The molecule has 1 heterocycles. The summed E-state index contributed by atoms with van der Waals surface area (Å²) in [5, 5.41) is 22.7. The van der Waals surface area contributed by atoms with E-state index in [4.69, 9.17) is 0 Å². The molecular weight excluding hydrogens is 347 g/mol. The number of carboxylic acid groups (broad SMARTS) is 1. The number of carbonyl (C=O) groups is 1. The lowest BCUT2D eigenvalue weighted by Gasteiger charge is -2.20. The lowest BCUT2D eigenvalue weighted by Crippen LogP contribution is -2.26. The molecule has 3 aromatic rings. The Kier molecular flexibility index (Phi) is 4.81. The molecule has 0 radical (unpaired) electrons. The number of aliphatic carboxylic acids is 1. The molecule has 27 heavy (non-hydrogen) atoms. The van der Waals surface area contributed by atoms with E-state index < -0.39 is 12.0 Å². The number of hydrogen-bond acceptors (Lipinski definition) is 4. The molecule has 2 aromatic carbocycles. The van der Waals surface area contributed by atoms with Gasteiger partial charge in [-0.25, -0.2) is 9.37 Å². The van der Waals surface area contributed by atoms with Crippen molar-refractivity contribution in [2.75, 3.05) is 5.32 Å². The van der Waals surface area contributed by atoms with Gasteiger partial charge >= 0.3 is 5.97 Å². The van der Waals surface area contributed by atoms with Gasteiger partial charge < -0.3 is 15.5 Å². The number of anilines is 1. The van der Waals surface area contributed by atoms with E-state index in [1.165, 1.54) is 25.1 Å². The molecule has 1 atom stereocenters. The van der Waals surface area contributed by atoms with Gasteiger partial charge in [0.25, 0.3) is 0 Å². The van der Waals surface area contributed by atoms with Gasteiger partial charge in [-0.2, -0.15) is 0 Å². The van der Waals surface area contributed by atoms with E-state index in [1.807, 2.05) is 0 Å². The monoisotopic (exact) mass is 366 g/mol. The predicted octanol–water partition coefficient (Wildman–Crippen LogP) is 4.66. The summed E-state index contributed by atoms with van der Waals surface area (Å²) >= 11 is 0. The molecule has 6 heteroatoms. The van der Waals surface area contributed by atoms with Crippen molar-refractivity contribution in [1.29, 1.82) is 0 Å². The highest BCUT2D eigenvalue weighted by molar-refractivity contribution is 6.03. The number of phenols is 1. The second-order valence-electron chi connectivity index (χ2n) is 6.40. The molecule has 3 N–H and O–H groups in total. The number of nitrogens with zero attached hydrogens (tertiary/aromatic N) is 1. The highest BCUT2D eigenvalue weighted by Crippen LogP contribution is 2.39. The molecular formula is C21H19FN2O3. The number of halogens is 1. The molecule has 5 nitrogen and oxygen atoms in total. The molecule has 3 rings (SSSR count). The van der Waals surface area contributed by atoms with Gasteiger partial charge in [-0.1, -0.05) is 18.7 Å². The van der Waals surface area contributed by atoms with Crippen molar-refractivity contribution < 1.29 is 19.4 Å². The van der Waals surface area contributed by atoms with E-state index in [1.54, 1.807) is 31.2 Å². The maximum atomic E-state index is 13.4. The first kappa shape index (κ1) is 18.4. The third-order valence-corrected chi connectivity index (χ3v) is 4.25. The summed E-state index contributed by atoms with van der Waals surface area (Å²) in [6.07, 6.45) is 0. The highest BCUT2D eigenvalue weighted by Gasteiger charge is 2.20. The summed E-state index contributed by atoms with van der Waals surface area (Å²) in [6.45, 7) is 7.32. The number of benzene rings is 2. The van der Waals surface area contributed by atoms with Crippen molar-refractivity contribution in [3.63, 3.8) is 0 Å². The third-order valence-electron chi connectivity index (χ3n) is 4.25.